The normalized spacial score (nSPS) is 14.6. The molecule has 0 saturated carbocycles. The summed E-state index contributed by atoms with van der Waals surface area (Å²) in [5, 5.41) is 3.34. The van der Waals surface area contributed by atoms with E-state index >= 15 is 0 Å². The smallest absolute Gasteiger partial charge is 0.0741 e. The van der Waals surface area contributed by atoms with Crippen molar-refractivity contribution in [2.75, 3.05) is 13.7 Å². The van der Waals surface area contributed by atoms with Gasteiger partial charge >= 0.3 is 0 Å². The average Bonchev–Trinajstić information content (AvgIpc) is 2.38. The minimum absolute atomic E-state index is 0.201. The van der Waals surface area contributed by atoms with E-state index in [4.69, 9.17) is 4.74 Å². The lowest BCUT2D eigenvalue weighted by Crippen LogP contribution is -2.29. The van der Waals surface area contributed by atoms with Crippen molar-refractivity contribution in [3.8, 4) is 0 Å². The molecule has 0 amide bonds. The third-order valence-electron chi connectivity index (χ3n) is 3.11. The van der Waals surface area contributed by atoms with E-state index in [1.54, 1.807) is 0 Å². The van der Waals surface area contributed by atoms with E-state index in [1.807, 2.05) is 7.05 Å². The summed E-state index contributed by atoms with van der Waals surface area (Å²) in [6, 6.07) is 9.07. The third-order valence-corrected chi connectivity index (χ3v) is 3.11. The van der Waals surface area contributed by atoms with Gasteiger partial charge in [0.15, 0.2) is 0 Å². The highest BCUT2D eigenvalue weighted by Crippen LogP contribution is 2.19. The average molecular weight is 235 g/mol. The molecule has 0 aliphatic rings. The van der Waals surface area contributed by atoms with Crippen LogP contribution in [0.1, 0.15) is 44.4 Å². The van der Waals surface area contributed by atoms with Crippen LogP contribution in [0.2, 0.25) is 0 Å². The first-order valence-electron chi connectivity index (χ1n) is 6.60. The Morgan fingerprint density at radius 1 is 1.18 bits per heavy atom. The first-order chi connectivity index (χ1) is 8.22. The van der Waals surface area contributed by atoms with Crippen molar-refractivity contribution in [2.24, 2.45) is 0 Å². The summed E-state index contributed by atoms with van der Waals surface area (Å²) in [5.41, 5.74) is 2.68. The lowest BCUT2D eigenvalue weighted by Gasteiger charge is -2.24. The fraction of sp³-hybridized carbons (Fsp3) is 0.600. The molecule has 0 spiro atoms. The van der Waals surface area contributed by atoms with E-state index < -0.39 is 0 Å². The van der Waals surface area contributed by atoms with Crippen LogP contribution in [0.3, 0.4) is 0 Å². The molecule has 2 nitrogen and oxygen atoms in total. The van der Waals surface area contributed by atoms with Gasteiger partial charge in [-0.05, 0) is 37.9 Å². The summed E-state index contributed by atoms with van der Waals surface area (Å²) >= 11 is 0. The molecule has 17 heavy (non-hydrogen) atoms. The van der Waals surface area contributed by atoms with Crippen LogP contribution in [-0.2, 0) is 11.2 Å². The molecule has 0 aliphatic carbocycles. The van der Waals surface area contributed by atoms with Crippen LogP contribution in [0.5, 0.6) is 0 Å². The zero-order chi connectivity index (χ0) is 12.7. The molecular weight excluding hydrogens is 210 g/mol. The van der Waals surface area contributed by atoms with E-state index in [0.717, 1.165) is 19.4 Å². The predicted molar refractivity (Wildman–Crippen MR) is 73.3 cm³/mol. The summed E-state index contributed by atoms with van der Waals surface area (Å²) in [6.07, 6.45) is 2.36. The van der Waals surface area contributed by atoms with Crippen LogP contribution in [0.25, 0.3) is 0 Å². The standard InChI is InChI=1S/C15H25NO/c1-5-11-17-12(3)15(16-4)14-9-7-13(6-2)8-10-14/h7-10,12,15-16H,5-6,11H2,1-4H3. The second kappa shape index (κ2) is 7.46. The fourth-order valence-corrected chi connectivity index (χ4v) is 2.03. The second-order valence-corrected chi connectivity index (χ2v) is 4.44. The van der Waals surface area contributed by atoms with E-state index in [2.05, 4.69) is 50.4 Å². The second-order valence-electron chi connectivity index (χ2n) is 4.44. The Kier molecular flexibility index (Phi) is 6.23. The van der Waals surface area contributed by atoms with Crippen molar-refractivity contribution in [3.05, 3.63) is 35.4 Å². The van der Waals surface area contributed by atoms with Crippen molar-refractivity contribution in [3.63, 3.8) is 0 Å². The maximum atomic E-state index is 5.79. The molecule has 0 aliphatic heterocycles. The quantitative estimate of drug-likeness (QED) is 0.782. The minimum Gasteiger partial charge on any atom is -0.377 e. The Hall–Kier alpha value is -0.860. The first kappa shape index (κ1) is 14.2. The van der Waals surface area contributed by atoms with E-state index in [0.29, 0.717) is 0 Å². The highest BCUT2D eigenvalue weighted by Gasteiger charge is 2.17. The molecule has 1 aromatic rings. The Bertz CT molecular complexity index is 307. The van der Waals surface area contributed by atoms with Crippen molar-refractivity contribution < 1.29 is 4.74 Å². The topological polar surface area (TPSA) is 21.3 Å². The van der Waals surface area contributed by atoms with Gasteiger partial charge in [-0.1, -0.05) is 38.1 Å². The molecule has 0 radical (unpaired) electrons. The number of rotatable bonds is 7. The highest BCUT2D eigenvalue weighted by atomic mass is 16.5. The van der Waals surface area contributed by atoms with Crippen LogP contribution >= 0.6 is 0 Å². The number of nitrogens with one attached hydrogen (secondary N) is 1. The predicted octanol–water partition coefficient (Wildman–Crippen LogP) is 3.32. The van der Waals surface area contributed by atoms with Crippen LogP contribution in [0, 0.1) is 0 Å². The van der Waals surface area contributed by atoms with Gasteiger partial charge in [0.1, 0.15) is 0 Å². The molecule has 0 saturated heterocycles. The van der Waals surface area contributed by atoms with Crippen LogP contribution in [0.4, 0.5) is 0 Å². The molecule has 0 aromatic heterocycles. The van der Waals surface area contributed by atoms with Gasteiger partial charge in [-0.25, -0.2) is 0 Å². The Labute approximate surface area is 105 Å². The van der Waals surface area contributed by atoms with Crippen LogP contribution in [0.15, 0.2) is 24.3 Å². The van der Waals surface area contributed by atoms with Crippen molar-refractivity contribution >= 4 is 0 Å². The molecule has 96 valence electrons. The van der Waals surface area contributed by atoms with Gasteiger partial charge in [-0.15, -0.1) is 0 Å². The van der Waals surface area contributed by atoms with Gasteiger partial charge in [-0.2, -0.15) is 0 Å². The number of hydrogen-bond acceptors (Lipinski definition) is 2. The number of hydrogen-bond donors (Lipinski definition) is 1. The zero-order valence-corrected chi connectivity index (χ0v) is 11.5. The summed E-state index contributed by atoms with van der Waals surface area (Å²) in [7, 11) is 1.99. The van der Waals surface area contributed by atoms with E-state index in [1.165, 1.54) is 11.1 Å². The number of ether oxygens (including phenoxy) is 1. The Morgan fingerprint density at radius 2 is 1.82 bits per heavy atom. The Balaban J connectivity index is 2.70. The van der Waals surface area contributed by atoms with Gasteiger partial charge in [0.2, 0.25) is 0 Å². The van der Waals surface area contributed by atoms with Gasteiger partial charge in [-0.3, -0.25) is 0 Å². The summed E-state index contributed by atoms with van der Waals surface area (Å²) in [6.45, 7) is 7.27. The molecule has 0 heterocycles. The van der Waals surface area contributed by atoms with Gasteiger partial charge in [0.05, 0.1) is 12.1 Å². The molecule has 2 atom stereocenters. The fourth-order valence-electron chi connectivity index (χ4n) is 2.03. The monoisotopic (exact) mass is 235 g/mol. The van der Waals surface area contributed by atoms with E-state index in [9.17, 15) is 0 Å². The molecule has 1 aromatic carbocycles. The van der Waals surface area contributed by atoms with Crippen molar-refractivity contribution in [1.82, 2.24) is 5.32 Å². The molecule has 0 fully saturated rings. The first-order valence-corrected chi connectivity index (χ1v) is 6.60. The number of benzene rings is 1. The van der Waals surface area contributed by atoms with Crippen LogP contribution < -0.4 is 5.32 Å². The summed E-state index contributed by atoms with van der Waals surface area (Å²) < 4.78 is 5.79. The minimum atomic E-state index is 0.201. The summed E-state index contributed by atoms with van der Waals surface area (Å²) in [5.74, 6) is 0. The van der Waals surface area contributed by atoms with Gasteiger partial charge < -0.3 is 10.1 Å². The molecule has 1 rings (SSSR count). The Morgan fingerprint density at radius 3 is 2.29 bits per heavy atom. The third kappa shape index (κ3) is 4.14. The van der Waals surface area contributed by atoms with Crippen LogP contribution in [-0.4, -0.2) is 19.8 Å². The van der Waals surface area contributed by atoms with Crippen molar-refractivity contribution in [1.29, 1.82) is 0 Å². The summed E-state index contributed by atoms with van der Waals surface area (Å²) in [4.78, 5) is 0. The van der Waals surface area contributed by atoms with Crippen molar-refractivity contribution in [2.45, 2.75) is 45.8 Å². The lowest BCUT2D eigenvalue weighted by atomic mass is 10.0. The maximum Gasteiger partial charge on any atom is 0.0741 e. The molecule has 0 bridgehead atoms. The number of likely N-dealkylation sites (N-methyl/N-ethyl adjacent to an activating group) is 1. The molecule has 2 unspecified atom stereocenters. The lowest BCUT2D eigenvalue weighted by molar-refractivity contribution is 0.0408. The van der Waals surface area contributed by atoms with E-state index in [-0.39, 0.29) is 12.1 Å². The maximum absolute atomic E-state index is 5.79. The highest BCUT2D eigenvalue weighted by molar-refractivity contribution is 5.25. The van der Waals surface area contributed by atoms with Gasteiger partial charge in [0, 0.05) is 6.61 Å². The molecular formula is C15H25NO. The molecule has 1 N–H and O–H groups in total. The molecule has 2 heteroatoms. The SMILES string of the molecule is CCCOC(C)C(NC)c1ccc(CC)cc1. The largest absolute Gasteiger partial charge is 0.377 e. The van der Waals surface area contributed by atoms with Gasteiger partial charge in [0.25, 0.3) is 0 Å². The zero-order valence-electron chi connectivity index (χ0n) is 11.5. The number of aryl methyl sites for hydroxylation is 1.